The van der Waals surface area contributed by atoms with Gasteiger partial charge in [0.25, 0.3) is 5.91 Å². The van der Waals surface area contributed by atoms with E-state index in [1.54, 1.807) is 6.07 Å². The highest BCUT2D eigenvalue weighted by atomic mass is 16.3. The molecule has 24 heavy (non-hydrogen) atoms. The molecule has 0 unspecified atom stereocenters. The van der Waals surface area contributed by atoms with Gasteiger partial charge in [0, 0.05) is 31.4 Å². The highest BCUT2D eigenvalue weighted by Crippen LogP contribution is 2.20. The average Bonchev–Trinajstić information content (AvgIpc) is 2.64. The molecule has 5 nitrogen and oxygen atoms in total. The summed E-state index contributed by atoms with van der Waals surface area (Å²) in [5, 5.41) is 19.4. The topological polar surface area (TPSA) is 76.4 Å². The molecule has 0 aliphatic rings. The van der Waals surface area contributed by atoms with Crippen molar-refractivity contribution >= 4 is 17.3 Å². The second-order valence-electron chi connectivity index (χ2n) is 5.53. The molecule has 0 spiro atoms. The second kappa shape index (κ2) is 8.84. The van der Waals surface area contributed by atoms with E-state index in [1.165, 1.54) is 5.56 Å². The molecular weight excluding hydrogens is 302 g/mol. The zero-order valence-electron chi connectivity index (χ0n) is 13.8. The number of carbonyl (C=O) groups excluding carboxylic acids is 1. The summed E-state index contributed by atoms with van der Waals surface area (Å²) in [5.74, 6) is -0.479. The lowest BCUT2D eigenvalue weighted by Crippen LogP contribution is -2.34. The molecule has 126 valence electrons. The molecule has 0 aliphatic carbocycles. The van der Waals surface area contributed by atoms with Gasteiger partial charge in [0.15, 0.2) is 0 Å². The van der Waals surface area contributed by atoms with Crippen molar-refractivity contribution in [3.05, 3.63) is 65.7 Å². The predicted molar refractivity (Wildman–Crippen MR) is 96.8 cm³/mol. The standard InChI is InChI=1S/C19H23N3O2/c1-22(13-11-15-7-3-2-4-8-15)17-10-6-5-9-16(17)18(20)19(24)21-12-14-23/h2-10,20,23H,11-14H2,1H3,(H,21,24). The smallest absolute Gasteiger partial charge is 0.269 e. The van der Waals surface area contributed by atoms with Gasteiger partial charge in [0.1, 0.15) is 5.71 Å². The van der Waals surface area contributed by atoms with Crippen LogP contribution in [0.25, 0.3) is 0 Å². The summed E-state index contributed by atoms with van der Waals surface area (Å²) >= 11 is 0. The van der Waals surface area contributed by atoms with E-state index in [1.807, 2.05) is 43.4 Å². The number of carbonyl (C=O) groups is 1. The number of benzene rings is 2. The third-order valence-corrected chi connectivity index (χ3v) is 3.79. The van der Waals surface area contributed by atoms with E-state index in [9.17, 15) is 4.79 Å². The summed E-state index contributed by atoms with van der Waals surface area (Å²) < 4.78 is 0. The Kier molecular flexibility index (Phi) is 6.51. The van der Waals surface area contributed by atoms with Crippen molar-refractivity contribution in [1.29, 1.82) is 5.41 Å². The number of hydrogen-bond acceptors (Lipinski definition) is 4. The second-order valence-corrected chi connectivity index (χ2v) is 5.53. The lowest BCUT2D eigenvalue weighted by Gasteiger charge is -2.22. The number of amides is 1. The number of anilines is 1. The molecule has 0 saturated carbocycles. The quantitative estimate of drug-likeness (QED) is 0.648. The Hall–Kier alpha value is -2.66. The maximum Gasteiger partial charge on any atom is 0.269 e. The van der Waals surface area contributed by atoms with Gasteiger partial charge < -0.3 is 15.3 Å². The monoisotopic (exact) mass is 325 g/mol. The molecule has 5 heteroatoms. The minimum absolute atomic E-state index is 0.0920. The van der Waals surface area contributed by atoms with Crippen molar-refractivity contribution < 1.29 is 9.90 Å². The minimum Gasteiger partial charge on any atom is -0.395 e. The average molecular weight is 325 g/mol. The van der Waals surface area contributed by atoms with Gasteiger partial charge in [0.2, 0.25) is 0 Å². The molecule has 0 saturated heterocycles. The van der Waals surface area contributed by atoms with Crippen molar-refractivity contribution in [3.63, 3.8) is 0 Å². The van der Waals surface area contributed by atoms with Crippen LogP contribution in [-0.2, 0) is 11.2 Å². The molecule has 0 aromatic heterocycles. The zero-order chi connectivity index (χ0) is 17.4. The van der Waals surface area contributed by atoms with Crippen molar-refractivity contribution in [1.82, 2.24) is 5.32 Å². The first-order chi connectivity index (χ1) is 11.6. The van der Waals surface area contributed by atoms with Crippen LogP contribution >= 0.6 is 0 Å². The van der Waals surface area contributed by atoms with Crippen LogP contribution in [-0.4, -0.2) is 43.5 Å². The van der Waals surface area contributed by atoms with Crippen LogP contribution in [0.15, 0.2) is 54.6 Å². The summed E-state index contributed by atoms with van der Waals surface area (Å²) in [5.41, 5.74) is 2.59. The molecule has 0 radical (unpaired) electrons. The summed E-state index contributed by atoms with van der Waals surface area (Å²) in [6.45, 7) is 0.789. The van der Waals surface area contributed by atoms with Gasteiger partial charge in [-0.1, -0.05) is 48.5 Å². The number of hydrogen-bond donors (Lipinski definition) is 3. The van der Waals surface area contributed by atoms with Crippen molar-refractivity contribution in [2.45, 2.75) is 6.42 Å². The summed E-state index contributed by atoms with van der Waals surface area (Å²) in [6, 6.07) is 17.6. The highest BCUT2D eigenvalue weighted by Gasteiger charge is 2.16. The SMILES string of the molecule is CN(CCc1ccccc1)c1ccccc1C(=N)C(=O)NCCO. The van der Waals surface area contributed by atoms with E-state index >= 15 is 0 Å². The molecule has 3 N–H and O–H groups in total. The predicted octanol–water partition coefficient (Wildman–Crippen LogP) is 1.84. The van der Waals surface area contributed by atoms with Crippen molar-refractivity contribution in [3.8, 4) is 0 Å². The maximum atomic E-state index is 12.0. The van der Waals surface area contributed by atoms with E-state index in [2.05, 4.69) is 22.3 Å². The van der Waals surface area contributed by atoms with Crippen LogP contribution in [0.2, 0.25) is 0 Å². The molecule has 2 rings (SSSR count). The maximum absolute atomic E-state index is 12.0. The van der Waals surface area contributed by atoms with E-state index in [0.29, 0.717) is 5.56 Å². The Morgan fingerprint density at radius 2 is 1.79 bits per heavy atom. The molecule has 1 amide bonds. The fourth-order valence-electron chi connectivity index (χ4n) is 2.46. The number of rotatable bonds is 8. The fourth-order valence-corrected chi connectivity index (χ4v) is 2.46. The Bertz CT molecular complexity index is 686. The van der Waals surface area contributed by atoms with Gasteiger partial charge >= 0.3 is 0 Å². The number of nitrogens with zero attached hydrogens (tertiary/aromatic N) is 1. The first-order valence-corrected chi connectivity index (χ1v) is 7.95. The molecule has 0 fully saturated rings. The van der Waals surface area contributed by atoms with Gasteiger partial charge in [-0.15, -0.1) is 0 Å². The number of aliphatic hydroxyl groups excluding tert-OH is 1. The minimum atomic E-state index is -0.479. The van der Waals surface area contributed by atoms with Crippen LogP contribution in [0.5, 0.6) is 0 Å². The lowest BCUT2D eigenvalue weighted by molar-refractivity contribution is -0.114. The highest BCUT2D eigenvalue weighted by molar-refractivity contribution is 6.45. The zero-order valence-corrected chi connectivity index (χ0v) is 13.8. The lowest BCUT2D eigenvalue weighted by atomic mass is 10.1. The van der Waals surface area contributed by atoms with Crippen LogP contribution in [0.3, 0.4) is 0 Å². The Balaban J connectivity index is 2.09. The molecular formula is C19H23N3O2. The van der Waals surface area contributed by atoms with Crippen LogP contribution < -0.4 is 10.2 Å². The Morgan fingerprint density at radius 3 is 2.50 bits per heavy atom. The summed E-state index contributed by atoms with van der Waals surface area (Å²) in [7, 11) is 1.96. The van der Waals surface area contributed by atoms with Gasteiger partial charge in [-0.3, -0.25) is 10.2 Å². The number of nitrogens with one attached hydrogen (secondary N) is 2. The van der Waals surface area contributed by atoms with Gasteiger partial charge in [-0.2, -0.15) is 0 Å². The summed E-state index contributed by atoms with van der Waals surface area (Å²) in [4.78, 5) is 14.0. The molecule has 2 aromatic carbocycles. The molecule has 0 aliphatic heterocycles. The Labute approximate surface area is 142 Å². The third-order valence-electron chi connectivity index (χ3n) is 3.79. The fraction of sp³-hybridized carbons (Fsp3) is 0.263. The van der Waals surface area contributed by atoms with E-state index in [-0.39, 0.29) is 18.9 Å². The van der Waals surface area contributed by atoms with Gasteiger partial charge in [-0.25, -0.2) is 0 Å². The van der Waals surface area contributed by atoms with Crippen molar-refractivity contribution in [2.24, 2.45) is 0 Å². The van der Waals surface area contributed by atoms with Gasteiger partial charge in [0.05, 0.1) is 6.61 Å². The molecule has 2 aromatic rings. The van der Waals surface area contributed by atoms with Crippen LogP contribution in [0.1, 0.15) is 11.1 Å². The van der Waals surface area contributed by atoms with Crippen molar-refractivity contribution in [2.75, 3.05) is 31.6 Å². The Morgan fingerprint density at radius 1 is 1.12 bits per heavy atom. The largest absolute Gasteiger partial charge is 0.395 e. The molecule has 0 bridgehead atoms. The molecule has 0 atom stereocenters. The first-order valence-electron chi connectivity index (χ1n) is 7.95. The van der Waals surface area contributed by atoms with Crippen LogP contribution in [0, 0.1) is 5.41 Å². The summed E-state index contributed by atoms with van der Waals surface area (Å²) in [6.07, 6.45) is 0.885. The number of aliphatic hydroxyl groups is 1. The van der Waals surface area contributed by atoms with E-state index < -0.39 is 5.91 Å². The number of para-hydroxylation sites is 1. The normalized spacial score (nSPS) is 10.2. The van der Waals surface area contributed by atoms with Crippen LogP contribution in [0.4, 0.5) is 5.69 Å². The van der Waals surface area contributed by atoms with Gasteiger partial charge in [-0.05, 0) is 18.1 Å². The molecule has 0 heterocycles. The van der Waals surface area contributed by atoms with E-state index in [4.69, 9.17) is 10.5 Å². The first kappa shape index (κ1) is 17.7. The van der Waals surface area contributed by atoms with E-state index in [0.717, 1.165) is 18.7 Å². The number of likely N-dealkylation sites (N-methyl/N-ethyl adjacent to an activating group) is 1. The third kappa shape index (κ3) is 4.67.